The number of sulfone groups is 1. The highest BCUT2D eigenvalue weighted by Gasteiger charge is 2.37. The number of pyridine rings is 1. The number of hydrogen-bond acceptors (Lipinski definition) is 6. The van der Waals surface area contributed by atoms with Gasteiger partial charge in [0.05, 0.1) is 22.4 Å². The van der Waals surface area contributed by atoms with Gasteiger partial charge in [0.2, 0.25) is 10.0 Å². The van der Waals surface area contributed by atoms with Gasteiger partial charge < -0.3 is 5.11 Å². The molecule has 0 aromatic carbocycles. The minimum atomic E-state index is -3.97. The van der Waals surface area contributed by atoms with Crippen molar-refractivity contribution >= 4 is 31.5 Å². The first-order valence-electron chi connectivity index (χ1n) is 5.62. The molecule has 1 aliphatic heterocycles. The van der Waals surface area contributed by atoms with E-state index in [0.29, 0.717) is 0 Å². The molecular formula is C10H12N2O6S2. The van der Waals surface area contributed by atoms with E-state index in [4.69, 9.17) is 5.11 Å². The number of anilines is 1. The zero-order valence-corrected chi connectivity index (χ0v) is 11.8. The lowest BCUT2D eigenvalue weighted by Gasteiger charge is -2.13. The van der Waals surface area contributed by atoms with Crippen LogP contribution in [0.15, 0.2) is 18.3 Å². The van der Waals surface area contributed by atoms with E-state index in [-0.39, 0.29) is 17.9 Å². The lowest BCUT2D eigenvalue weighted by molar-refractivity contribution is 0.0692. The summed E-state index contributed by atoms with van der Waals surface area (Å²) in [5, 5.41) is 7.84. The maximum Gasteiger partial charge on any atom is 0.356 e. The van der Waals surface area contributed by atoms with E-state index in [1.54, 1.807) is 0 Å². The van der Waals surface area contributed by atoms with Gasteiger partial charge in [-0.3, -0.25) is 4.72 Å². The van der Waals surface area contributed by atoms with Crippen LogP contribution >= 0.6 is 0 Å². The fourth-order valence-corrected chi connectivity index (χ4v) is 6.00. The second kappa shape index (κ2) is 5.02. The Labute approximate surface area is 115 Å². The Morgan fingerprint density at radius 1 is 1.45 bits per heavy atom. The molecule has 0 saturated carbocycles. The number of sulfonamides is 1. The predicted octanol–water partition coefficient (Wildman–Crippen LogP) is -0.291. The van der Waals surface area contributed by atoms with Gasteiger partial charge >= 0.3 is 5.97 Å². The van der Waals surface area contributed by atoms with Crippen LogP contribution < -0.4 is 4.72 Å². The summed E-state index contributed by atoms with van der Waals surface area (Å²) in [5.74, 6) is -2.01. The summed E-state index contributed by atoms with van der Waals surface area (Å²) in [6, 6.07) is 2.65. The van der Waals surface area contributed by atoms with Crippen molar-refractivity contribution in [2.45, 2.75) is 11.7 Å². The van der Waals surface area contributed by atoms with Gasteiger partial charge in [-0.05, 0) is 18.6 Å². The standard InChI is InChI=1S/C10H12N2O6S2/c13-10(14)9-8(2-1-4-11-9)12-20(17,18)7-3-5-19(15,16)6-7/h1-2,4,7,12H,3,5-6H2,(H,13,14). The van der Waals surface area contributed by atoms with Crippen LogP contribution in [-0.4, -0.2) is 49.7 Å². The van der Waals surface area contributed by atoms with Crippen molar-refractivity contribution in [3.05, 3.63) is 24.0 Å². The largest absolute Gasteiger partial charge is 0.476 e. The summed E-state index contributed by atoms with van der Waals surface area (Å²) in [6.07, 6.45) is 1.22. The molecule has 0 bridgehead atoms. The summed E-state index contributed by atoms with van der Waals surface area (Å²) >= 11 is 0. The molecule has 8 nitrogen and oxygen atoms in total. The molecule has 10 heteroatoms. The Balaban J connectivity index is 2.28. The fourth-order valence-electron chi connectivity index (χ4n) is 1.90. The lowest BCUT2D eigenvalue weighted by Crippen LogP contribution is -2.29. The van der Waals surface area contributed by atoms with Crippen LogP contribution in [-0.2, 0) is 19.9 Å². The summed E-state index contributed by atoms with van der Waals surface area (Å²) in [5.41, 5.74) is -0.610. The third-order valence-corrected chi connectivity index (χ3v) is 6.66. The van der Waals surface area contributed by atoms with Crippen molar-refractivity contribution in [2.75, 3.05) is 16.2 Å². The highest BCUT2D eigenvalue weighted by molar-refractivity contribution is 7.97. The van der Waals surface area contributed by atoms with Crippen LogP contribution in [0.3, 0.4) is 0 Å². The van der Waals surface area contributed by atoms with E-state index in [1.807, 2.05) is 0 Å². The van der Waals surface area contributed by atoms with E-state index in [0.717, 1.165) is 0 Å². The second-order valence-corrected chi connectivity index (χ2v) is 8.57. The fraction of sp³-hybridized carbons (Fsp3) is 0.400. The van der Waals surface area contributed by atoms with Crippen molar-refractivity contribution in [3.63, 3.8) is 0 Å². The topological polar surface area (TPSA) is 130 Å². The highest BCUT2D eigenvalue weighted by atomic mass is 32.2. The SMILES string of the molecule is O=C(O)c1ncccc1NS(=O)(=O)C1CCS(=O)(=O)C1. The van der Waals surface area contributed by atoms with Gasteiger partial charge in [0, 0.05) is 6.20 Å². The molecule has 0 aliphatic carbocycles. The van der Waals surface area contributed by atoms with Crippen LogP contribution in [0.25, 0.3) is 0 Å². The molecule has 0 spiro atoms. The van der Waals surface area contributed by atoms with Gasteiger partial charge in [0.1, 0.15) is 0 Å². The Morgan fingerprint density at radius 2 is 2.15 bits per heavy atom. The van der Waals surface area contributed by atoms with Crippen molar-refractivity contribution in [3.8, 4) is 0 Å². The smallest absolute Gasteiger partial charge is 0.356 e. The monoisotopic (exact) mass is 320 g/mol. The predicted molar refractivity (Wildman–Crippen MR) is 70.8 cm³/mol. The number of hydrogen-bond donors (Lipinski definition) is 2. The van der Waals surface area contributed by atoms with Crippen molar-refractivity contribution in [1.82, 2.24) is 4.98 Å². The average Bonchev–Trinajstić information content (AvgIpc) is 2.70. The van der Waals surface area contributed by atoms with Crippen LogP contribution in [0.4, 0.5) is 5.69 Å². The zero-order valence-electron chi connectivity index (χ0n) is 10.2. The molecule has 1 unspecified atom stereocenters. The number of carboxylic acids is 1. The van der Waals surface area contributed by atoms with E-state index < -0.39 is 42.5 Å². The molecule has 2 rings (SSSR count). The zero-order chi connectivity index (χ0) is 15.0. The van der Waals surface area contributed by atoms with Gasteiger partial charge in [0.15, 0.2) is 15.5 Å². The minimum absolute atomic E-state index is 0.000331. The van der Waals surface area contributed by atoms with Crippen LogP contribution in [0, 0.1) is 0 Å². The van der Waals surface area contributed by atoms with Crippen molar-refractivity contribution < 1.29 is 26.7 Å². The van der Waals surface area contributed by atoms with E-state index >= 15 is 0 Å². The molecule has 1 saturated heterocycles. The molecule has 1 fully saturated rings. The minimum Gasteiger partial charge on any atom is -0.476 e. The summed E-state index contributed by atoms with van der Waals surface area (Å²) in [6.45, 7) is 0. The Morgan fingerprint density at radius 3 is 2.70 bits per heavy atom. The van der Waals surface area contributed by atoms with E-state index in [9.17, 15) is 21.6 Å². The number of carboxylic acid groups (broad SMARTS) is 1. The third kappa shape index (κ3) is 3.07. The quantitative estimate of drug-likeness (QED) is 0.779. The Hall–Kier alpha value is -1.68. The molecule has 20 heavy (non-hydrogen) atoms. The van der Waals surface area contributed by atoms with Gasteiger partial charge in [0.25, 0.3) is 0 Å². The average molecular weight is 320 g/mol. The van der Waals surface area contributed by atoms with Gasteiger partial charge in [-0.25, -0.2) is 26.6 Å². The maximum atomic E-state index is 12.1. The first kappa shape index (κ1) is 14.7. The molecule has 1 aromatic heterocycles. The van der Waals surface area contributed by atoms with Crippen LogP contribution in [0.5, 0.6) is 0 Å². The molecule has 0 radical (unpaired) electrons. The molecule has 2 heterocycles. The van der Waals surface area contributed by atoms with Crippen molar-refractivity contribution in [2.24, 2.45) is 0 Å². The molecule has 1 aromatic rings. The van der Waals surface area contributed by atoms with Gasteiger partial charge in [-0.15, -0.1) is 0 Å². The molecule has 110 valence electrons. The van der Waals surface area contributed by atoms with Gasteiger partial charge in [-0.1, -0.05) is 0 Å². The Kier molecular flexibility index (Phi) is 3.69. The molecule has 1 atom stereocenters. The highest BCUT2D eigenvalue weighted by Crippen LogP contribution is 2.22. The van der Waals surface area contributed by atoms with Gasteiger partial charge in [-0.2, -0.15) is 0 Å². The van der Waals surface area contributed by atoms with Crippen LogP contribution in [0.2, 0.25) is 0 Å². The second-order valence-electron chi connectivity index (χ2n) is 4.38. The number of carbonyl (C=O) groups is 1. The number of aromatic nitrogens is 1. The molecule has 1 aliphatic rings. The first-order chi connectivity index (χ1) is 9.21. The number of rotatable bonds is 4. The summed E-state index contributed by atoms with van der Waals surface area (Å²) in [7, 11) is -7.32. The maximum absolute atomic E-state index is 12.1. The normalized spacial score (nSPS) is 21.5. The molecule has 2 N–H and O–H groups in total. The van der Waals surface area contributed by atoms with Crippen LogP contribution in [0.1, 0.15) is 16.9 Å². The first-order valence-corrected chi connectivity index (χ1v) is 8.98. The number of nitrogens with zero attached hydrogens (tertiary/aromatic N) is 1. The number of aromatic carboxylic acids is 1. The van der Waals surface area contributed by atoms with Crippen molar-refractivity contribution in [1.29, 1.82) is 0 Å². The summed E-state index contributed by atoms with van der Waals surface area (Å²) < 4.78 is 48.9. The third-order valence-electron chi connectivity index (χ3n) is 2.89. The molecular weight excluding hydrogens is 308 g/mol. The lowest BCUT2D eigenvalue weighted by atomic mass is 10.3. The molecule has 0 amide bonds. The van der Waals surface area contributed by atoms with E-state index in [2.05, 4.69) is 9.71 Å². The summed E-state index contributed by atoms with van der Waals surface area (Å²) in [4.78, 5) is 14.5. The van der Waals surface area contributed by atoms with E-state index in [1.165, 1.54) is 18.3 Å². The Bertz CT molecular complexity index is 741. The number of nitrogens with one attached hydrogen (secondary N) is 1.